The van der Waals surface area contributed by atoms with Gasteiger partial charge in [-0.3, -0.25) is 4.90 Å². The standard InChI is InChI=1S/C14H21BrN2O/c1-14(18,12-3-5-13(15)6-4-12)11-17-9-2-7-16-8-10-17/h3-6,16,18H,2,7-11H2,1H3. The highest BCUT2D eigenvalue weighted by atomic mass is 79.9. The monoisotopic (exact) mass is 312 g/mol. The minimum Gasteiger partial charge on any atom is -0.384 e. The van der Waals surface area contributed by atoms with Crippen molar-refractivity contribution in [1.29, 1.82) is 0 Å². The number of nitrogens with one attached hydrogen (secondary N) is 1. The van der Waals surface area contributed by atoms with E-state index in [0.29, 0.717) is 6.54 Å². The molecule has 4 heteroatoms. The summed E-state index contributed by atoms with van der Waals surface area (Å²) in [6.07, 6.45) is 1.15. The van der Waals surface area contributed by atoms with Gasteiger partial charge in [-0.15, -0.1) is 0 Å². The molecule has 2 N–H and O–H groups in total. The maximum atomic E-state index is 10.6. The Morgan fingerprint density at radius 1 is 1.28 bits per heavy atom. The first-order chi connectivity index (χ1) is 8.58. The van der Waals surface area contributed by atoms with Crippen LogP contribution in [0, 0.1) is 0 Å². The van der Waals surface area contributed by atoms with Crippen molar-refractivity contribution in [3.8, 4) is 0 Å². The molecular weight excluding hydrogens is 292 g/mol. The third kappa shape index (κ3) is 3.79. The molecule has 1 fully saturated rings. The molecule has 0 aliphatic carbocycles. The van der Waals surface area contributed by atoms with Crippen molar-refractivity contribution < 1.29 is 5.11 Å². The predicted octanol–water partition coefficient (Wildman–Crippen LogP) is 1.95. The third-order valence-electron chi connectivity index (χ3n) is 3.43. The zero-order chi connectivity index (χ0) is 13.0. The number of nitrogens with zero attached hydrogens (tertiary/aromatic N) is 1. The normalized spacial score (nSPS) is 21.3. The van der Waals surface area contributed by atoms with E-state index in [9.17, 15) is 5.11 Å². The quantitative estimate of drug-likeness (QED) is 0.895. The van der Waals surface area contributed by atoms with Crippen LogP contribution in [0.2, 0.25) is 0 Å². The van der Waals surface area contributed by atoms with Gasteiger partial charge in [-0.25, -0.2) is 0 Å². The lowest BCUT2D eigenvalue weighted by Gasteiger charge is -2.31. The van der Waals surface area contributed by atoms with Gasteiger partial charge in [0.05, 0.1) is 5.60 Å². The largest absolute Gasteiger partial charge is 0.384 e. The minimum atomic E-state index is -0.787. The van der Waals surface area contributed by atoms with Gasteiger partial charge >= 0.3 is 0 Å². The number of benzene rings is 1. The van der Waals surface area contributed by atoms with Crippen LogP contribution in [0.3, 0.4) is 0 Å². The molecule has 0 saturated carbocycles. The minimum absolute atomic E-state index is 0.691. The van der Waals surface area contributed by atoms with Crippen LogP contribution in [0.15, 0.2) is 28.7 Å². The highest BCUT2D eigenvalue weighted by Gasteiger charge is 2.26. The maximum absolute atomic E-state index is 10.6. The van der Waals surface area contributed by atoms with E-state index < -0.39 is 5.60 Å². The molecule has 1 unspecified atom stereocenters. The Hall–Kier alpha value is -0.420. The summed E-state index contributed by atoms with van der Waals surface area (Å²) in [6, 6.07) is 7.93. The number of hydrogen-bond donors (Lipinski definition) is 2. The average Bonchev–Trinajstić information content (AvgIpc) is 2.57. The Kier molecular flexibility index (Phi) is 4.78. The fourth-order valence-corrected chi connectivity index (χ4v) is 2.66. The third-order valence-corrected chi connectivity index (χ3v) is 3.96. The van der Waals surface area contributed by atoms with E-state index in [1.54, 1.807) is 0 Å². The number of hydrogen-bond acceptors (Lipinski definition) is 3. The van der Waals surface area contributed by atoms with Crippen molar-refractivity contribution in [2.45, 2.75) is 18.9 Å². The summed E-state index contributed by atoms with van der Waals surface area (Å²) < 4.78 is 1.04. The Labute approximate surface area is 117 Å². The lowest BCUT2D eigenvalue weighted by molar-refractivity contribution is 0.0177. The highest BCUT2D eigenvalue weighted by Crippen LogP contribution is 2.23. The van der Waals surface area contributed by atoms with E-state index in [1.807, 2.05) is 31.2 Å². The fraction of sp³-hybridized carbons (Fsp3) is 0.571. The lowest BCUT2D eigenvalue weighted by atomic mass is 9.95. The summed E-state index contributed by atoms with van der Waals surface area (Å²) in [4.78, 5) is 2.34. The number of β-amino-alcohol motifs (C(OH)–C–C–N with tert-alkyl or cyclic N) is 1. The summed E-state index contributed by atoms with van der Waals surface area (Å²) in [5.74, 6) is 0. The second-order valence-corrected chi connectivity index (χ2v) is 6.08. The molecule has 0 radical (unpaired) electrons. The second kappa shape index (κ2) is 6.15. The van der Waals surface area contributed by atoms with Crippen LogP contribution < -0.4 is 5.32 Å². The molecule has 100 valence electrons. The van der Waals surface area contributed by atoms with Gasteiger partial charge < -0.3 is 10.4 Å². The summed E-state index contributed by atoms with van der Waals surface area (Å²) in [5, 5.41) is 14.0. The van der Waals surface area contributed by atoms with E-state index in [4.69, 9.17) is 0 Å². The molecule has 1 aliphatic heterocycles. The van der Waals surface area contributed by atoms with Crippen LogP contribution in [0.25, 0.3) is 0 Å². The summed E-state index contributed by atoms with van der Waals surface area (Å²) in [5.41, 5.74) is 0.188. The first kappa shape index (κ1) is 14.0. The van der Waals surface area contributed by atoms with E-state index in [1.165, 1.54) is 0 Å². The van der Waals surface area contributed by atoms with E-state index in [2.05, 4.69) is 26.1 Å². The summed E-state index contributed by atoms with van der Waals surface area (Å²) in [6.45, 7) is 6.74. The van der Waals surface area contributed by atoms with Crippen molar-refractivity contribution in [2.75, 3.05) is 32.7 Å². The van der Waals surface area contributed by atoms with Gasteiger partial charge in [-0.2, -0.15) is 0 Å². The highest BCUT2D eigenvalue weighted by molar-refractivity contribution is 9.10. The van der Waals surface area contributed by atoms with Crippen molar-refractivity contribution >= 4 is 15.9 Å². The average molecular weight is 313 g/mol. The van der Waals surface area contributed by atoms with Gasteiger partial charge in [0, 0.05) is 24.1 Å². The molecule has 18 heavy (non-hydrogen) atoms. The van der Waals surface area contributed by atoms with Crippen molar-refractivity contribution in [3.05, 3.63) is 34.3 Å². The molecule has 1 atom stereocenters. The molecule has 0 aromatic heterocycles. The number of rotatable bonds is 3. The first-order valence-corrected chi connectivity index (χ1v) is 7.29. The molecule has 0 spiro atoms. The molecule has 0 bridgehead atoms. The Bertz CT molecular complexity index is 370. The zero-order valence-corrected chi connectivity index (χ0v) is 12.4. The molecule has 1 aliphatic rings. The van der Waals surface area contributed by atoms with Crippen molar-refractivity contribution in [1.82, 2.24) is 10.2 Å². The van der Waals surface area contributed by atoms with Crippen molar-refractivity contribution in [2.24, 2.45) is 0 Å². The van der Waals surface area contributed by atoms with E-state index in [0.717, 1.165) is 42.6 Å². The van der Waals surface area contributed by atoms with Crippen molar-refractivity contribution in [3.63, 3.8) is 0 Å². The summed E-state index contributed by atoms with van der Waals surface area (Å²) in [7, 11) is 0. The number of halogens is 1. The smallest absolute Gasteiger partial charge is 0.0994 e. The Balaban J connectivity index is 2.03. The van der Waals surface area contributed by atoms with Gasteiger partial charge in [-0.05, 0) is 44.1 Å². The molecule has 3 nitrogen and oxygen atoms in total. The topological polar surface area (TPSA) is 35.5 Å². The van der Waals surface area contributed by atoms with Crippen LogP contribution in [0.1, 0.15) is 18.9 Å². The SMILES string of the molecule is CC(O)(CN1CCCNCC1)c1ccc(Br)cc1. The number of aliphatic hydroxyl groups is 1. The van der Waals surface area contributed by atoms with Gasteiger partial charge in [0.15, 0.2) is 0 Å². The fourth-order valence-electron chi connectivity index (χ4n) is 2.40. The van der Waals surface area contributed by atoms with E-state index in [-0.39, 0.29) is 0 Å². The van der Waals surface area contributed by atoms with Gasteiger partial charge in [-0.1, -0.05) is 28.1 Å². The molecule has 1 aromatic carbocycles. The summed E-state index contributed by atoms with van der Waals surface area (Å²) >= 11 is 3.42. The lowest BCUT2D eigenvalue weighted by Crippen LogP contribution is -2.40. The van der Waals surface area contributed by atoms with Gasteiger partial charge in [0.25, 0.3) is 0 Å². The van der Waals surface area contributed by atoms with Crippen LogP contribution >= 0.6 is 15.9 Å². The predicted molar refractivity (Wildman–Crippen MR) is 77.6 cm³/mol. The van der Waals surface area contributed by atoms with Crippen LogP contribution in [-0.4, -0.2) is 42.7 Å². The van der Waals surface area contributed by atoms with Gasteiger partial charge in [0.2, 0.25) is 0 Å². The molecule has 1 saturated heterocycles. The van der Waals surface area contributed by atoms with E-state index >= 15 is 0 Å². The molecule has 2 rings (SSSR count). The first-order valence-electron chi connectivity index (χ1n) is 6.49. The molecule has 1 aromatic rings. The van der Waals surface area contributed by atoms with Gasteiger partial charge in [0.1, 0.15) is 0 Å². The Morgan fingerprint density at radius 3 is 2.72 bits per heavy atom. The Morgan fingerprint density at radius 2 is 2.00 bits per heavy atom. The zero-order valence-electron chi connectivity index (χ0n) is 10.8. The molecular formula is C14H21BrN2O. The molecule has 1 heterocycles. The van der Waals surface area contributed by atoms with Crippen LogP contribution in [-0.2, 0) is 5.60 Å². The van der Waals surface area contributed by atoms with Crippen LogP contribution in [0.5, 0.6) is 0 Å². The van der Waals surface area contributed by atoms with Crippen LogP contribution in [0.4, 0.5) is 0 Å². The molecule has 0 amide bonds. The maximum Gasteiger partial charge on any atom is 0.0994 e. The second-order valence-electron chi connectivity index (χ2n) is 5.16.